The SMILES string of the molecule is C=CC(=NC(=N)C1=CC(C)(N2CCCC2)CC=C1)[C@H](C)CCCC(=O)/C(=C/C(=NC)C(C)(F)F)CC(=C)C. The lowest BCUT2D eigenvalue weighted by atomic mass is 9.88. The van der Waals surface area contributed by atoms with E-state index < -0.39 is 11.6 Å². The van der Waals surface area contributed by atoms with Crippen LogP contribution >= 0.6 is 0 Å². The predicted octanol–water partition coefficient (Wildman–Crippen LogP) is 7.33. The number of halogens is 2. The van der Waals surface area contributed by atoms with Gasteiger partial charge < -0.3 is 0 Å². The van der Waals surface area contributed by atoms with Crippen LogP contribution < -0.4 is 0 Å². The quantitative estimate of drug-likeness (QED) is 0.118. The number of allylic oxidation sites excluding steroid dienone is 4. The van der Waals surface area contributed by atoms with Gasteiger partial charge in [-0.1, -0.05) is 43.9 Å². The van der Waals surface area contributed by atoms with Crippen molar-refractivity contribution >= 4 is 23.0 Å². The van der Waals surface area contributed by atoms with E-state index in [-0.39, 0.29) is 35.9 Å². The summed E-state index contributed by atoms with van der Waals surface area (Å²) in [5.41, 5.74) is 2.02. The van der Waals surface area contributed by atoms with Crippen LogP contribution in [-0.2, 0) is 4.79 Å². The fourth-order valence-electron chi connectivity index (χ4n) is 5.00. The molecule has 1 aliphatic carbocycles. The lowest BCUT2D eigenvalue weighted by Gasteiger charge is -2.37. The standard InChI is InChI=1S/C31H44F2N4O/c1-8-26(36-29(34)24-14-12-16-30(5,21-24)37-17-9-10-18-37)23(4)13-11-15-27(38)25(19-22(2)3)20-28(35-7)31(6,32)33/h8,12,14,20-21,23,34H,1-2,9-11,13,15-19H2,3-7H3/b25-20+,34-29?,35-28?,36-26?/t23-,30?/m1/s1. The fraction of sp³-hybridized carbons (Fsp3) is 0.548. The van der Waals surface area contributed by atoms with Crippen molar-refractivity contribution < 1.29 is 13.6 Å². The zero-order chi connectivity index (χ0) is 28.5. The van der Waals surface area contributed by atoms with Crippen molar-refractivity contribution in [3.8, 4) is 0 Å². The minimum Gasteiger partial charge on any atom is -0.295 e. The smallest absolute Gasteiger partial charge is 0.286 e. The summed E-state index contributed by atoms with van der Waals surface area (Å²) in [5.74, 6) is -3.12. The van der Waals surface area contributed by atoms with E-state index in [4.69, 9.17) is 5.41 Å². The molecule has 2 rings (SSSR count). The number of alkyl halides is 2. The molecular weight excluding hydrogens is 482 g/mol. The van der Waals surface area contributed by atoms with E-state index in [0.29, 0.717) is 24.1 Å². The maximum absolute atomic E-state index is 13.8. The predicted molar refractivity (Wildman–Crippen MR) is 156 cm³/mol. The molecule has 2 aliphatic rings. The number of likely N-dealkylation sites (tertiary alicyclic amines) is 1. The zero-order valence-corrected chi connectivity index (χ0v) is 23.7. The van der Waals surface area contributed by atoms with Gasteiger partial charge in [0.15, 0.2) is 11.6 Å². The molecule has 1 saturated heterocycles. The normalized spacial score (nSPS) is 22.3. The minimum atomic E-state index is -3.13. The molecule has 5 nitrogen and oxygen atoms in total. The second-order valence-corrected chi connectivity index (χ2v) is 10.9. The number of ketones is 1. The van der Waals surface area contributed by atoms with Gasteiger partial charge in [0, 0.05) is 42.8 Å². The Bertz CT molecular complexity index is 1070. The van der Waals surface area contributed by atoms with E-state index in [2.05, 4.69) is 47.1 Å². The Morgan fingerprint density at radius 3 is 2.55 bits per heavy atom. The van der Waals surface area contributed by atoms with E-state index >= 15 is 0 Å². The monoisotopic (exact) mass is 526 g/mol. The summed E-state index contributed by atoms with van der Waals surface area (Å²) in [6.07, 6.45) is 14.2. The van der Waals surface area contributed by atoms with Crippen LogP contribution in [0.2, 0.25) is 0 Å². The molecule has 0 aromatic rings. The number of Topliss-reactive ketones (excluding diaryl/α,β-unsaturated/α-hetero) is 1. The van der Waals surface area contributed by atoms with Crippen LogP contribution in [0.5, 0.6) is 0 Å². The number of carbonyl (C=O) groups is 1. The number of rotatable bonds is 13. The Labute approximate surface area is 227 Å². The van der Waals surface area contributed by atoms with Crippen LogP contribution in [0.25, 0.3) is 0 Å². The van der Waals surface area contributed by atoms with Crippen LogP contribution in [0.4, 0.5) is 8.78 Å². The highest BCUT2D eigenvalue weighted by atomic mass is 19.3. The number of hydrogen-bond donors (Lipinski definition) is 1. The maximum atomic E-state index is 13.8. The largest absolute Gasteiger partial charge is 0.295 e. The Morgan fingerprint density at radius 2 is 2.00 bits per heavy atom. The van der Waals surface area contributed by atoms with Crippen molar-refractivity contribution in [1.29, 1.82) is 5.41 Å². The number of carbonyl (C=O) groups excluding carboxylic acids is 1. The molecule has 7 heteroatoms. The van der Waals surface area contributed by atoms with Crippen molar-refractivity contribution in [3.63, 3.8) is 0 Å². The van der Waals surface area contributed by atoms with Crippen molar-refractivity contribution in [2.75, 3.05) is 20.1 Å². The number of hydrogen-bond acceptors (Lipinski definition) is 4. The molecule has 1 fully saturated rings. The van der Waals surface area contributed by atoms with Gasteiger partial charge in [-0.2, -0.15) is 8.78 Å². The highest BCUT2D eigenvalue weighted by Gasteiger charge is 2.33. The van der Waals surface area contributed by atoms with Gasteiger partial charge in [-0.3, -0.25) is 20.1 Å². The van der Waals surface area contributed by atoms with E-state index in [0.717, 1.165) is 37.6 Å². The van der Waals surface area contributed by atoms with Gasteiger partial charge in [-0.25, -0.2) is 4.99 Å². The molecule has 208 valence electrons. The van der Waals surface area contributed by atoms with Gasteiger partial charge in [0.1, 0.15) is 5.71 Å². The maximum Gasteiger partial charge on any atom is 0.286 e. The molecule has 0 aromatic heterocycles. The molecule has 1 heterocycles. The van der Waals surface area contributed by atoms with Crippen LogP contribution in [-0.4, -0.2) is 59.5 Å². The van der Waals surface area contributed by atoms with E-state index in [1.165, 1.54) is 26.0 Å². The molecule has 0 radical (unpaired) electrons. The third kappa shape index (κ3) is 8.90. The van der Waals surface area contributed by atoms with Gasteiger partial charge >= 0.3 is 0 Å². The molecule has 1 N–H and O–H groups in total. The molecule has 1 aliphatic heterocycles. The molecule has 0 bridgehead atoms. The summed E-state index contributed by atoms with van der Waals surface area (Å²) in [7, 11) is 1.30. The van der Waals surface area contributed by atoms with Gasteiger partial charge in [0.05, 0.1) is 0 Å². The number of amidine groups is 1. The minimum absolute atomic E-state index is 0.0138. The first-order chi connectivity index (χ1) is 17.8. The van der Waals surface area contributed by atoms with E-state index in [1.54, 1.807) is 13.0 Å². The molecule has 0 aromatic carbocycles. The molecule has 38 heavy (non-hydrogen) atoms. The highest BCUT2D eigenvalue weighted by Crippen LogP contribution is 2.31. The van der Waals surface area contributed by atoms with E-state index in [9.17, 15) is 13.6 Å². The first-order valence-electron chi connectivity index (χ1n) is 13.5. The summed E-state index contributed by atoms with van der Waals surface area (Å²) in [5, 5.41) is 8.64. The third-order valence-corrected chi connectivity index (χ3v) is 7.24. The Kier molecular flexibility index (Phi) is 11.4. The van der Waals surface area contributed by atoms with Crippen LogP contribution in [0.1, 0.15) is 72.6 Å². The first kappa shape index (κ1) is 31.4. The van der Waals surface area contributed by atoms with Crippen molar-refractivity contribution in [1.82, 2.24) is 4.90 Å². The topological polar surface area (TPSA) is 68.9 Å². The number of nitrogens with one attached hydrogen (secondary N) is 1. The molecule has 2 atom stereocenters. The van der Waals surface area contributed by atoms with Gasteiger partial charge in [0.25, 0.3) is 5.92 Å². The second kappa shape index (κ2) is 13.8. The lowest BCUT2D eigenvalue weighted by molar-refractivity contribution is -0.115. The summed E-state index contributed by atoms with van der Waals surface area (Å²) in [6.45, 7) is 16.7. The second-order valence-electron chi connectivity index (χ2n) is 10.9. The lowest BCUT2D eigenvalue weighted by Crippen LogP contribution is -2.43. The van der Waals surface area contributed by atoms with Gasteiger partial charge in [-0.05, 0) is 83.5 Å². The number of aliphatic imine (C=N–C) groups is 2. The van der Waals surface area contributed by atoms with Crippen LogP contribution in [0.3, 0.4) is 0 Å². The molecule has 0 amide bonds. The Hall–Kier alpha value is -2.80. The van der Waals surface area contributed by atoms with Crippen molar-refractivity contribution in [2.45, 2.75) is 84.1 Å². The average Bonchev–Trinajstić information content (AvgIpc) is 3.40. The summed E-state index contributed by atoms with van der Waals surface area (Å²) in [4.78, 5) is 23.7. The third-order valence-electron chi connectivity index (χ3n) is 7.24. The summed E-state index contributed by atoms with van der Waals surface area (Å²) >= 11 is 0. The number of nitrogens with zero attached hydrogens (tertiary/aromatic N) is 3. The van der Waals surface area contributed by atoms with Crippen LogP contribution in [0.15, 0.2) is 70.2 Å². The zero-order valence-electron chi connectivity index (χ0n) is 23.7. The molecule has 1 unspecified atom stereocenters. The fourth-order valence-corrected chi connectivity index (χ4v) is 5.00. The molecule has 0 spiro atoms. The van der Waals surface area contributed by atoms with Crippen molar-refractivity contribution in [2.24, 2.45) is 15.9 Å². The van der Waals surface area contributed by atoms with E-state index in [1.807, 2.05) is 13.0 Å². The van der Waals surface area contributed by atoms with Crippen LogP contribution in [0, 0.1) is 11.3 Å². The van der Waals surface area contributed by atoms with Crippen molar-refractivity contribution in [3.05, 3.63) is 60.3 Å². The highest BCUT2D eigenvalue weighted by molar-refractivity contribution is 6.10. The summed E-state index contributed by atoms with van der Waals surface area (Å²) in [6, 6.07) is 0. The van der Waals surface area contributed by atoms with Gasteiger partial charge in [0.2, 0.25) is 0 Å². The molecular formula is C31H44F2N4O. The average molecular weight is 527 g/mol. The van der Waals surface area contributed by atoms with Gasteiger partial charge in [-0.15, -0.1) is 0 Å². The Balaban J connectivity index is 2.06. The Morgan fingerprint density at radius 1 is 1.34 bits per heavy atom. The first-order valence-corrected chi connectivity index (χ1v) is 13.5. The summed E-state index contributed by atoms with van der Waals surface area (Å²) < 4.78 is 27.7. The molecule has 0 saturated carbocycles.